The van der Waals surface area contributed by atoms with Crippen molar-refractivity contribution in [2.45, 2.75) is 45.1 Å². The van der Waals surface area contributed by atoms with Crippen molar-refractivity contribution in [3.05, 3.63) is 29.8 Å². The largest absolute Gasteiger partial charge is 0.493 e. The lowest BCUT2D eigenvalue weighted by Crippen LogP contribution is -2.22. The van der Waals surface area contributed by atoms with Crippen LogP contribution >= 0.6 is 0 Å². The number of nitrogens with one attached hydrogen (secondary N) is 1. The molecule has 1 amide bonds. The van der Waals surface area contributed by atoms with E-state index in [0.717, 1.165) is 17.9 Å². The van der Waals surface area contributed by atoms with Crippen molar-refractivity contribution in [2.24, 2.45) is 5.92 Å². The van der Waals surface area contributed by atoms with E-state index in [9.17, 15) is 9.59 Å². The summed E-state index contributed by atoms with van der Waals surface area (Å²) in [5, 5.41) is 11.4. The lowest BCUT2D eigenvalue weighted by Gasteiger charge is -2.12. The van der Waals surface area contributed by atoms with Gasteiger partial charge in [0.25, 0.3) is 0 Å². The topological polar surface area (TPSA) is 75.6 Å². The molecule has 0 bridgehead atoms. The van der Waals surface area contributed by atoms with Gasteiger partial charge in [-0.05, 0) is 37.7 Å². The van der Waals surface area contributed by atoms with Crippen LogP contribution in [0, 0.1) is 5.92 Å². The number of unbranched alkanes of at least 4 members (excludes halogenated alkanes) is 1. The quantitative estimate of drug-likeness (QED) is 0.652. The number of carboxylic acids is 1. The van der Waals surface area contributed by atoms with Crippen LogP contribution in [0.1, 0.15) is 44.1 Å². The first-order valence-electron chi connectivity index (χ1n) is 7.84. The lowest BCUT2D eigenvalue weighted by molar-refractivity contribution is -0.137. The highest BCUT2D eigenvalue weighted by molar-refractivity contribution is 5.76. The normalized spacial score (nSPS) is 13.6. The number of carbonyl (C=O) groups is 2. The first-order chi connectivity index (χ1) is 10.6. The number of hydrogen-bond acceptors (Lipinski definition) is 3. The standard InChI is InChI=1S/C17H23NO4/c19-16(7-3-4-8-17(20)21)18-11-14-5-1-2-6-15(14)22-12-13-9-10-13/h1-2,5-6,13H,3-4,7-12H2,(H,18,19)(H,20,21). The third-order valence-electron chi connectivity index (χ3n) is 3.66. The summed E-state index contributed by atoms with van der Waals surface area (Å²) < 4.78 is 5.80. The van der Waals surface area contributed by atoms with Crippen molar-refractivity contribution in [2.75, 3.05) is 6.61 Å². The minimum absolute atomic E-state index is 0.0533. The van der Waals surface area contributed by atoms with Gasteiger partial charge in [0.1, 0.15) is 5.75 Å². The minimum atomic E-state index is -0.817. The average Bonchev–Trinajstić information content (AvgIpc) is 3.32. The highest BCUT2D eigenvalue weighted by atomic mass is 16.5. The number of carboxylic acid groups (broad SMARTS) is 1. The maximum atomic E-state index is 11.7. The minimum Gasteiger partial charge on any atom is -0.493 e. The van der Waals surface area contributed by atoms with Crippen LogP contribution < -0.4 is 10.1 Å². The SMILES string of the molecule is O=C(O)CCCCC(=O)NCc1ccccc1OCC1CC1. The molecule has 0 aromatic heterocycles. The number of amides is 1. The van der Waals surface area contributed by atoms with Crippen LogP contribution in [0.3, 0.4) is 0 Å². The Labute approximate surface area is 130 Å². The Balaban J connectivity index is 1.70. The Morgan fingerprint density at radius 2 is 1.91 bits per heavy atom. The molecule has 0 heterocycles. The maximum absolute atomic E-state index is 11.7. The molecule has 1 aromatic rings. The summed E-state index contributed by atoms with van der Waals surface area (Å²) in [5.41, 5.74) is 0.974. The molecule has 0 aliphatic heterocycles. The molecule has 0 radical (unpaired) electrons. The smallest absolute Gasteiger partial charge is 0.303 e. The van der Waals surface area contributed by atoms with Crippen molar-refractivity contribution in [1.82, 2.24) is 5.32 Å². The molecule has 1 fully saturated rings. The van der Waals surface area contributed by atoms with Crippen molar-refractivity contribution in [3.8, 4) is 5.75 Å². The summed E-state index contributed by atoms with van der Waals surface area (Å²) in [7, 11) is 0. The van der Waals surface area contributed by atoms with Crippen LogP contribution in [0.25, 0.3) is 0 Å². The van der Waals surface area contributed by atoms with Gasteiger partial charge in [-0.25, -0.2) is 0 Å². The summed E-state index contributed by atoms with van der Waals surface area (Å²) in [6.07, 6.45) is 4.09. The molecular weight excluding hydrogens is 282 g/mol. The number of para-hydroxylation sites is 1. The third kappa shape index (κ3) is 6.16. The Morgan fingerprint density at radius 1 is 1.18 bits per heavy atom. The first kappa shape index (κ1) is 16.3. The average molecular weight is 305 g/mol. The molecule has 2 rings (SSSR count). The molecule has 22 heavy (non-hydrogen) atoms. The van der Waals surface area contributed by atoms with E-state index in [1.165, 1.54) is 12.8 Å². The van der Waals surface area contributed by atoms with E-state index < -0.39 is 5.97 Å². The van der Waals surface area contributed by atoms with Crippen molar-refractivity contribution < 1.29 is 19.4 Å². The number of hydrogen-bond donors (Lipinski definition) is 2. The zero-order valence-corrected chi connectivity index (χ0v) is 12.7. The van der Waals surface area contributed by atoms with Gasteiger partial charge in [-0.1, -0.05) is 18.2 Å². The lowest BCUT2D eigenvalue weighted by atomic mass is 10.1. The molecular formula is C17H23NO4. The van der Waals surface area contributed by atoms with Crippen LogP contribution in [0.2, 0.25) is 0 Å². The fraction of sp³-hybridized carbons (Fsp3) is 0.529. The van der Waals surface area contributed by atoms with Gasteiger partial charge in [0.05, 0.1) is 6.61 Å². The monoisotopic (exact) mass is 305 g/mol. The summed E-state index contributed by atoms with van der Waals surface area (Å²) in [5.74, 6) is 0.655. The number of carbonyl (C=O) groups excluding carboxylic acids is 1. The Morgan fingerprint density at radius 3 is 2.64 bits per heavy atom. The van der Waals surface area contributed by atoms with E-state index in [1.54, 1.807) is 0 Å². The second-order valence-electron chi connectivity index (χ2n) is 5.74. The van der Waals surface area contributed by atoms with E-state index in [4.69, 9.17) is 9.84 Å². The predicted octanol–water partition coefficient (Wildman–Crippen LogP) is 2.74. The zero-order valence-electron chi connectivity index (χ0n) is 12.7. The molecule has 0 unspecified atom stereocenters. The van der Waals surface area contributed by atoms with Crippen LogP contribution in [0.4, 0.5) is 0 Å². The molecule has 5 heteroatoms. The van der Waals surface area contributed by atoms with Crippen molar-refractivity contribution in [3.63, 3.8) is 0 Å². The number of ether oxygens (including phenoxy) is 1. The number of benzene rings is 1. The number of rotatable bonds is 10. The van der Waals surface area contributed by atoms with Crippen molar-refractivity contribution >= 4 is 11.9 Å². The second-order valence-corrected chi connectivity index (χ2v) is 5.74. The molecule has 1 saturated carbocycles. The molecule has 0 saturated heterocycles. The van der Waals surface area contributed by atoms with Gasteiger partial charge in [0, 0.05) is 24.9 Å². The van der Waals surface area contributed by atoms with E-state index in [1.807, 2.05) is 24.3 Å². The van der Waals surface area contributed by atoms with Gasteiger partial charge in [-0.15, -0.1) is 0 Å². The van der Waals surface area contributed by atoms with Crippen molar-refractivity contribution in [1.29, 1.82) is 0 Å². The highest BCUT2D eigenvalue weighted by Crippen LogP contribution is 2.30. The Hall–Kier alpha value is -2.04. The maximum Gasteiger partial charge on any atom is 0.303 e. The highest BCUT2D eigenvalue weighted by Gasteiger charge is 2.22. The Bertz CT molecular complexity index is 511. The molecule has 1 aromatic carbocycles. The predicted molar refractivity (Wildman–Crippen MR) is 82.6 cm³/mol. The van der Waals surface area contributed by atoms with E-state index in [2.05, 4.69) is 5.32 Å². The van der Waals surface area contributed by atoms with E-state index in [0.29, 0.717) is 31.7 Å². The fourth-order valence-electron chi connectivity index (χ4n) is 2.13. The van der Waals surface area contributed by atoms with Gasteiger partial charge in [-0.2, -0.15) is 0 Å². The second kappa shape index (κ2) is 8.41. The Kier molecular flexibility index (Phi) is 6.25. The summed E-state index contributed by atoms with van der Waals surface area (Å²) in [6, 6.07) is 7.74. The van der Waals surface area contributed by atoms with Gasteiger partial charge in [0.15, 0.2) is 0 Å². The fourth-order valence-corrected chi connectivity index (χ4v) is 2.13. The van der Waals surface area contributed by atoms with E-state index in [-0.39, 0.29) is 12.3 Å². The van der Waals surface area contributed by atoms with Gasteiger partial charge in [0.2, 0.25) is 5.91 Å². The zero-order chi connectivity index (χ0) is 15.8. The summed E-state index contributed by atoms with van der Waals surface area (Å²) >= 11 is 0. The van der Waals surface area contributed by atoms with Gasteiger partial charge >= 0.3 is 5.97 Å². The summed E-state index contributed by atoms with van der Waals surface area (Å²) in [6.45, 7) is 1.19. The molecule has 1 aliphatic carbocycles. The van der Waals surface area contributed by atoms with Crippen LogP contribution in [-0.4, -0.2) is 23.6 Å². The first-order valence-corrected chi connectivity index (χ1v) is 7.84. The van der Waals surface area contributed by atoms with Gasteiger partial charge in [-0.3, -0.25) is 9.59 Å². The molecule has 0 spiro atoms. The molecule has 1 aliphatic rings. The molecule has 2 N–H and O–H groups in total. The summed E-state index contributed by atoms with van der Waals surface area (Å²) in [4.78, 5) is 22.1. The number of aliphatic carboxylic acids is 1. The van der Waals surface area contributed by atoms with Gasteiger partial charge < -0.3 is 15.2 Å². The van der Waals surface area contributed by atoms with Crippen LogP contribution in [0.15, 0.2) is 24.3 Å². The van der Waals surface area contributed by atoms with Crippen LogP contribution in [0.5, 0.6) is 5.75 Å². The van der Waals surface area contributed by atoms with Crippen LogP contribution in [-0.2, 0) is 16.1 Å². The van der Waals surface area contributed by atoms with E-state index >= 15 is 0 Å². The molecule has 0 atom stereocenters. The third-order valence-corrected chi connectivity index (χ3v) is 3.66. The molecule has 5 nitrogen and oxygen atoms in total. The molecule has 120 valence electrons.